The topological polar surface area (TPSA) is 15.3 Å². The van der Waals surface area contributed by atoms with Crippen LogP contribution in [0.15, 0.2) is 72.8 Å². The van der Waals surface area contributed by atoms with Crippen molar-refractivity contribution in [1.82, 2.24) is 10.2 Å². The van der Waals surface area contributed by atoms with Crippen LogP contribution in [0.2, 0.25) is 0 Å². The van der Waals surface area contributed by atoms with Gasteiger partial charge in [-0.2, -0.15) is 0 Å². The minimum absolute atomic E-state index is 0. The van der Waals surface area contributed by atoms with Gasteiger partial charge in [-0.15, -0.1) is 12.4 Å². The molecule has 1 aliphatic rings. The molecule has 1 unspecified atom stereocenters. The van der Waals surface area contributed by atoms with Crippen LogP contribution in [0, 0.1) is 11.8 Å². The summed E-state index contributed by atoms with van der Waals surface area (Å²) < 4.78 is 0. The predicted molar refractivity (Wildman–Crippen MR) is 131 cm³/mol. The number of rotatable bonds is 7. The lowest BCUT2D eigenvalue weighted by molar-refractivity contribution is 0.341. The quantitative estimate of drug-likeness (QED) is 0.472. The van der Waals surface area contributed by atoms with Crippen molar-refractivity contribution in [3.8, 4) is 11.8 Å². The van der Waals surface area contributed by atoms with Gasteiger partial charge in [0, 0.05) is 11.5 Å². The minimum atomic E-state index is -0.231. The Morgan fingerprint density at radius 3 is 2.00 bits per heavy atom. The van der Waals surface area contributed by atoms with Gasteiger partial charge in [-0.05, 0) is 44.5 Å². The number of benzene rings is 2. The van der Waals surface area contributed by atoms with Gasteiger partial charge in [0.15, 0.2) is 0 Å². The summed E-state index contributed by atoms with van der Waals surface area (Å²) >= 11 is 0. The van der Waals surface area contributed by atoms with E-state index in [0.29, 0.717) is 0 Å². The van der Waals surface area contributed by atoms with Crippen LogP contribution in [0.25, 0.3) is 0 Å². The van der Waals surface area contributed by atoms with Gasteiger partial charge in [-0.3, -0.25) is 10.2 Å². The molecule has 0 radical (unpaired) electrons. The molecule has 0 saturated heterocycles. The summed E-state index contributed by atoms with van der Waals surface area (Å²) in [5, 5.41) is 3.78. The first kappa shape index (κ1) is 24.2. The Hall–Kier alpha value is -2.05. The first-order valence-electron chi connectivity index (χ1n) is 10.8. The van der Waals surface area contributed by atoms with E-state index in [1.54, 1.807) is 0 Å². The second-order valence-electron chi connectivity index (χ2n) is 8.41. The van der Waals surface area contributed by atoms with Crippen LogP contribution in [-0.4, -0.2) is 36.1 Å². The van der Waals surface area contributed by atoms with Crippen molar-refractivity contribution in [2.75, 3.05) is 19.6 Å². The Labute approximate surface area is 189 Å². The molecule has 0 saturated carbocycles. The lowest BCUT2D eigenvalue weighted by Gasteiger charge is -2.32. The van der Waals surface area contributed by atoms with Crippen molar-refractivity contribution in [2.24, 2.45) is 0 Å². The lowest BCUT2D eigenvalue weighted by Crippen LogP contribution is -2.45. The SMILES string of the molecule is CCN(CC)CC#CC(C)(C)NC1C=CC(c2ccccc2)(c2ccccc2)C1.Cl. The summed E-state index contributed by atoms with van der Waals surface area (Å²) in [5.41, 5.74) is 2.37. The fraction of sp³-hybridized carbons (Fsp3) is 0.407. The average Bonchev–Trinajstić information content (AvgIpc) is 3.17. The third-order valence-electron chi connectivity index (χ3n) is 5.88. The van der Waals surface area contributed by atoms with Crippen molar-refractivity contribution >= 4 is 12.4 Å². The molecule has 2 nitrogen and oxygen atoms in total. The molecule has 0 bridgehead atoms. The highest BCUT2D eigenvalue weighted by atomic mass is 35.5. The molecule has 3 heteroatoms. The molecule has 160 valence electrons. The number of nitrogens with zero attached hydrogens (tertiary/aromatic N) is 1. The van der Waals surface area contributed by atoms with Crippen molar-refractivity contribution in [3.05, 3.63) is 83.9 Å². The summed E-state index contributed by atoms with van der Waals surface area (Å²) in [4.78, 5) is 2.34. The fourth-order valence-electron chi connectivity index (χ4n) is 4.25. The molecule has 3 rings (SSSR count). The predicted octanol–water partition coefficient (Wildman–Crippen LogP) is 5.44. The normalized spacial score (nSPS) is 17.3. The standard InChI is InChI=1S/C27H34N2.ClH/c1-5-29(6-2)21-13-19-26(3,4)28-25-18-20-27(22-25,23-14-9-7-10-15-23)24-16-11-8-12-17-24;/h7-12,14-18,20,25,28H,5-6,21-22H2,1-4H3;1H. The molecule has 0 heterocycles. The molecule has 0 amide bonds. The van der Waals surface area contributed by atoms with E-state index in [1.807, 2.05) is 0 Å². The van der Waals surface area contributed by atoms with E-state index in [9.17, 15) is 0 Å². The van der Waals surface area contributed by atoms with Crippen LogP contribution >= 0.6 is 12.4 Å². The third kappa shape index (κ3) is 5.76. The van der Waals surface area contributed by atoms with Crippen LogP contribution in [0.3, 0.4) is 0 Å². The Balaban J connectivity index is 0.00000320. The van der Waals surface area contributed by atoms with E-state index in [1.165, 1.54) is 11.1 Å². The van der Waals surface area contributed by atoms with Crippen LogP contribution in [0.5, 0.6) is 0 Å². The first-order chi connectivity index (χ1) is 14.0. The molecule has 0 fully saturated rings. The highest BCUT2D eigenvalue weighted by molar-refractivity contribution is 5.85. The molecule has 30 heavy (non-hydrogen) atoms. The average molecular weight is 423 g/mol. The monoisotopic (exact) mass is 422 g/mol. The van der Waals surface area contributed by atoms with E-state index < -0.39 is 0 Å². The highest BCUT2D eigenvalue weighted by Crippen LogP contribution is 2.42. The molecule has 0 aliphatic heterocycles. The smallest absolute Gasteiger partial charge is 0.0748 e. The molecule has 2 aromatic rings. The van der Waals surface area contributed by atoms with Crippen molar-refractivity contribution < 1.29 is 0 Å². The summed E-state index contributed by atoms with van der Waals surface area (Å²) in [7, 11) is 0. The third-order valence-corrected chi connectivity index (χ3v) is 5.88. The van der Waals surface area contributed by atoms with E-state index >= 15 is 0 Å². The highest BCUT2D eigenvalue weighted by Gasteiger charge is 2.38. The molecule has 1 N–H and O–H groups in total. The molecule has 1 atom stereocenters. The van der Waals surface area contributed by atoms with Crippen molar-refractivity contribution in [3.63, 3.8) is 0 Å². The maximum absolute atomic E-state index is 3.78. The summed E-state index contributed by atoms with van der Waals surface area (Å²) in [6.07, 6.45) is 5.71. The molecular formula is C27H35ClN2. The van der Waals surface area contributed by atoms with E-state index in [4.69, 9.17) is 0 Å². The minimum Gasteiger partial charge on any atom is -0.295 e. The van der Waals surface area contributed by atoms with Gasteiger partial charge in [0.05, 0.1) is 12.1 Å². The number of nitrogens with one attached hydrogen (secondary N) is 1. The Bertz CT molecular complexity index is 818. The van der Waals surface area contributed by atoms with Crippen LogP contribution < -0.4 is 5.32 Å². The van der Waals surface area contributed by atoms with E-state index in [-0.39, 0.29) is 29.4 Å². The maximum Gasteiger partial charge on any atom is 0.0748 e. The Morgan fingerprint density at radius 1 is 0.967 bits per heavy atom. The zero-order valence-electron chi connectivity index (χ0n) is 18.7. The van der Waals surface area contributed by atoms with Gasteiger partial charge < -0.3 is 0 Å². The molecule has 1 aliphatic carbocycles. The molecule has 0 aromatic heterocycles. The fourth-order valence-corrected chi connectivity index (χ4v) is 4.25. The zero-order valence-corrected chi connectivity index (χ0v) is 19.5. The van der Waals surface area contributed by atoms with Crippen LogP contribution in [0.4, 0.5) is 0 Å². The number of halogens is 1. The number of hydrogen-bond acceptors (Lipinski definition) is 2. The largest absolute Gasteiger partial charge is 0.295 e. The summed E-state index contributed by atoms with van der Waals surface area (Å²) in [5.74, 6) is 6.83. The van der Waals surface area contributed by atoms with Gasteiger partial charge in [-0.25, -0.2) is 0 Å². The zero-order chi connectivity index (χ0) is 20.7. The lowest BCUT2D eigenvalue weighted by atomic mass is 9.73. The Kier molecular flexibility index (Phi) is 8.74. The van der Waals surface area contributed by atoms with Gasteiger partial charge in [0.2, 0.25) is 0 Å². The van der Waals surface area contributed by atoms with Crippen molar-refractivity contribution in [1.29, 1.82) is 0 Å². The number of hydrogen-bond donors (Lipinski definition) is 1. The molecular weight excluding hydrogens is 388 g/mol. The van der Waals surface area contributed by atoms with Crippen LogP contribution in [-0.2, 0) is 5.41 Å². The second-order valence-corrected chi connectivity index (χ2v) is 8.41. The molecule has 2 aromatic carbocycles. The summed E-state index contributed by atoms with van der Waals surface area (Å²) in [6.45, 7) is 11.6. The van der Waals surface area contributed by atoms with Gasteiger partial charge in [-0.1, -0.05) is 98.5 Å². The van der Waals surface area contributed by atoms with Crippen LogP contribution in [0.1, 0.15) is 45.2 Å². The van der Waals surface area contributed by atoms with Gasteiger partial charge in [0.25, 0.3) is 0 Å². The first-order valence-corrected chi connectivity index (χ1v) is 10.8. The van der Waals surface area contributed by atoms with E-state index in [0.717, 1.165) is 26.1 Å². The van der Waals surface area contributed by atoms with Crippen molar-refractivity contribution in [2.45, 2.75) is 51.1 Å². The molecule has 0 spiro atoms. The summed E-state index contributed by atoms with van der Waals surface area (Å²) in [6, 6.07) is 22.0. The number of allylic oxidation sites excluding steroid dienone is 1. The second kappa shape index (κ2) is 10.8. The van der Waals surface area contributed by atoms with E-state index in [2.05, 4.69) is 123 Å². The van der Waals surface area contributed by atoms with Gasteiger partial charge in [0.1, 0.15) is 0 Å². The van der Waals surface area contributed by atoms with Gasteiger partial charge >= 0.3 is 0 Å². The maximum atomic E-state index is 3.78. The Morgan fingerprint density at radius 2 is 1.50 bits per heavy atom.